The smallest absolute Gasteiger partial charge is 0.123 e. The van der Waals surface area contributed by atoms with Gasteiger partial charge in [-0.3, -0.25) is 0 Å². The van der Waals surface area contributed by atoms with Gasteiger partial charge in [0.2, 0.25) is 0 Å². The Labute approximate surface area is 114 Å². The molecule has 1 atom stereocenters. The summed E-state index contributed by atoms with van der Waals surface area (Å²) >= 11 is 5.11. The lowest BCUT2D eigenvalue weighted by Crippen LogP contribution is -2.24. The van der Waals surface area contributed by atoms with E-state index in [-0.39, 0.29) is 0 Å². The number of hydrogen-bond donors (Lipinski definition) is 1. The molecule has 17 heavy (non-hydrogen) atoms. The van der Waals surface area contributed by atoms with Crippen LogP contribution in [0.25, 0.3) is 0 Å². The van der Waals surface area contributed by atoms with Gasteiger partial charge in [-0.25, -0.2) is 0 Å². The topological polar surface area (TPSA) is 20.2 Å². The molecule has 0 saturated heterocycles. The average Bonchev–Trinajstić information content (AvgIpc) is 2.75. The minimum atomic E-state index is -0.872. The van der Waals surface area contributed by atoms with Crippen molar-refractivity contribution in [2.24, 2.45) is 0 Å². The van der Waals surface area contributed by atoms with Crippen LogP contribution in [0.3, 0.4) is 0 Å². The molecule has 0 saturated carbocycles. The SMILES string of the molecule is CCC(O)(c1cccc(Br)c1)c1ccc(C)s1. The maximum absolute atomic E-state index is 10.9. The first-order valence-electron chi connectivity index (χ1n) is 5.61. The van der Waals surface area contributed by atoms with Gasteiger partial charge >= 0.3 is 0 Å². The summed E-state index contributed by atoms with van der Waals surface area (Å²) in [6.45, 7) is 4.07. The second-order valence-electron chi connectivity index (χ2n) is 4.13. The van der Waals surface area contributed by atoms with E-state index in [4.69, 9.17) is 0 Å². The van der Waals surface area contributed by atoms with E-state index in [9.17, 15) is 5.11 Å². The van der Waals surface area contributed by atoms with E-state index in [1.165, 1.54) is 4.88 Å². The molecule has 0 aliphatic rings. The first kappa shape index (κ1) is 12.8. The van der Waals surface area contributed by atoms with Crippen molar-refractivity contribution >= 4 is 27.3 Å². The summed E-state index contributed by atoms with van der Waals surface area (Å²) < 4.78 is 0.996. The lowest BCUT2D eigenvalue weighted by molar-refractivity contribution is 0.0803. The summed E-state index contributed by atoms with van der Waals surface area (Å²) in [6, 6.07) is 12.0. The Morgan fingerprint density at radius 2 is 2.06 bits per heavy atom. The number of aryl methyl sites for hydroxylation is 1. The number of hydrogen-bond acceptors (Lipinski definition) is 2. The third-order valence-electron chi connectivity index (χ3n) is 2.96. The van der Waals surface area contributed by atoms with E-state index < -0.39 is 5.60 Å². The maximum Gasteiger partial charge on any atom is 0.123 e. The molecule has 1 nitrogen and oxygen atoms in total. The van der Waals surface area contributed by atoms with Crippen LogP contribution in [0, 0.1) is 6.92 Å². The largest absolute Gasteiger partial charge is 0.380 e. The van der Waals surface area contributed by atoms with Crippen molar-refractivity contribution in [3.63, 3.8) is 0 Å². The van der Waals surface area contributed by atoms with Crippen LogP contribution >= 0.6 is 27.3 Å². The van der Waals surface area contributed by atoms with E-state index in [1.807, 2.05) is 37.3 Å². The molecular weight excluding hydrogens is 296 g/mol. The minimum Gasteiger partial charge on any atom is -0.380 e. The molecule has 1 N–H and O–H groups in total. The van der Waals surface area contributed by atoms with Crippen molar-refractivity contribution in [2.75, 3.05) is 0 Å². The van der Waals surface area contributed by atoms with Crippen LogP contribution in [0.5, 0.6) is 0 Å². The molecular formula is C14H15BrOS. The van der Waals surface area contributed by atoms with Gasteiger partial charge in [-0.05, 0) is 43.2 Å². The zero-order valence-electron chi connectivity index (χ0n) is 9.90. The van der Waals surface area contributed by atoms with Gasteiger partial charge in [0.15, 0.2) is 0 Å². The van der Waals surface area contributed by atoms with Gasteiger partial charge < -0.3 is 5.11 Å². The fourth-order valence-electron chi connectivity index (χ4n) is 1.92. The highest BCUT2D eigenvalue weighted by molar-refractivity contribution is 9.10. The minimum absolute atomic E-state index is 0.670. The van der Waals surface area contributed by atoms with Crippen molar-refractivity contribution in [1.82, 2.24) is 0 Å². The Morgan fingerprint density at radius 1 is 1.29 bits per heavy atom. The van der Waals surface area contributed by atoms with E-state index in [2.05, 4.69) is 28.9 Å². The van der Waals surface area contributed by atoms with Crippen LogP contribution in [-0.4, -0.2) is 5.11 Å². The number of rotatable bonds is 3. The number of aliphatic hydroxyl groups is 1. The summed E-state index contributed by atoms with van der Waals surface area (Å²) in [6.07, 6.45) is 0.670. The van der Waals surface area contributed by atoms with E-state index in [1.54, 1.807) is 11.3 Å². The quantitative estimate of drug-likeness (QED) is 0.887. The van der Waals surface area contributed by atoms with Crippen molar-refractivity contribution < 1.29 is 5.11 Å². The summed E-state index contributed by atoms with van der Waals surface area (Å²) in [5, 5.41) is 10.9. The van der Waals surface area contributed by atoms with Crippen molar-refractivity contribution in [3.8, 4) is 0 Å². The van der Waals surface area contributed by atoms with Crippen LogP contribution in [0.15, 0.2) is 40.9 Å². The van der Waals surface area contributed by atoms with Crippen LogP contribution in [0.2, 0.25) is 0 Å². The van der Waals surface area contributed by atoms with Gasteiger partial charge in [-0.2, -0.15) is 0 Å². The van der Waals surface area contributed by atoms with Crippen molar-refractivity contribution in [3.05, 3.63) is 56.2 Å². The van der Waals surface area contributed by atoms with E-state index in [0.29, 0.717) is 6.42 Å². The lowest BCUT2D eigenvalue weighted by Gasteiger charge is -2.26. The third kappa shape index (κ3) is 2.46. The lowest BCUT2D eigenvalue weighted by atomic mass is 9.90. The number of halogens is 1. The highest BCUT2D eigenvalue weighted by Crippen LogP contribution is 2.37. The molecule has 1 unspecified atom stereocenters. The number of benzene rings is 1. The van der Waals surface area contributed by atoms with Crippen LogP contribution in [0.4, 0.5) is 0 Å². The molecule has 90 valence electrons. The zero-order valence-corrected chi connectivity index (χ0v) is 12.3. The Morgan fingerprint density at radius 3 is 2.59 bits per heavy atom. The van der Waals surface area contributed by atoms with Gasteiger partial charge in [-0.1, -0.05) is 35.0 Å². The molecule has 0 aliphatic heterocycles. The van der Waals surface area contributed by atoms with Gasteiger partial charge in [0.1, 0.15) is 5.60 Å². The molecule has 0 fully saturated rings. The second kappa shape index (κ2) is 4.92. The molecule has 1 aromatic heterocycles. The van der Waals surface area contributed by atoms with E-state index in [0.717, 1.165) is 14.9 Å². The van der Waals surface area contributed by atoms with Crippen LogP contribution in [0.1, 0.15) is 28.7 Å². The Kier molecular flexibility index (Phi) is 3.71. The Hall–Kier alpha value is -0.640. The number of thiophene rings is 1. The second-order valence-corrected chi connectivity index (χ2v) is 6.34. The molecule has 0 amide bonds. The van der Waals surface area contributed by atoms with Gasteiger partial charge in [0.25, 0.3) is 0 Å². The first-order chi connectivity index (χ1) is 8.06. The third-order valence-corrected chi connectivity index (χ3v) is 4.61. The van der Waals surface area contributed by atoms with Crippen LogP contribution in [-0.2, 0) is 5.60 Å². The van der Waals surface area contributed by atoms with Crippen LogP contribution < -0.4 is 0 Å². The summed E-state index contributed by atoms with van der Waals surface area (Å²) in [7, 11) is 0. The summed E-state index contributed by atoms with van der Waals surface area (Å²) in [5.41, 5.74) is 0.0686. The molecule has 3 heteroatoms. The molecule has 2 rings (SSSR count). The van der Waals surface area contributed by atoms with Gasteiger partial charge in [0.05, 0.1) is 0 Å². The Balaban J connectivity index is 2.51. The normalized spacial score (nSPS) is 14.6. The summed E-state index contributed by atoms with van der Waals surface area (Å²) in [4.78, 5) is 2.23. The standard InChI is InChI=1S/C14H15BrOS/c1-3-14(16,13-8-7-10(2)17-13)11-5-4-6-12(15)9-11/h4-9,16H,3H2,1-2H3. The monoisotopic (exact) mass is 310 g/mol. The maximum atomic E-state index is 10.9. The van der Waals surface area contributed by atoms with Crippen molar-refractivity contribution in [2.45, 2.75) is 25.9 Å². The highest BCUT2D eigenvalue weighted by Gasteiger charge is 2.30. The first-order valence-corrected chi connectivity index (χ1v) is 7.22. The molecule has 0 aliphatic carbocycles. The van der Waals surface area contributed by atoms with Gasteiger partial charge in [0, 0.05) is 14.2 Å². The average molecular weight is 311 g/mol. The molecule has 0 spiro atoms. The predicted octanol–water partition coefficient (Wildman–Crippen LogP) is 4.46. The predicted molar refractivity (Wildman–Crippen MR) is 76.5 cm³/mol. The van der Waals surface area contributed by atoms with Gasteiger partial charge in [-0.15, -0.1) is 11.3 Å². The molecule has 0 radical (unpaired) electrons. The van der Waals surface area contributed by atoms with E-state index >= 15 is 0 Å². The molecule has 1 aromatic carbocycles. The van der Waals surface area contributed by atoms with Crippen molar-refractivity contribution in [1.29, 1.82) is 0 Å². The zero-order chi connectivity index (χ0) is 12.5. The summed E-state index contributed by atoms with van der Waals surface area (Å²) in [5.74, 6) is 0. The molecule has 2 aromatic rings. The fraction of sp³-hybridized carbons (Fsp3) is 0.286. The molecule has 0 bridgehead atoms. The highest BCUT2D eigenvalue weighted by atomic mass is 79.9. The molecule has 1 heterocycles. The fourth-order valence-corrected chi connectivity index (χ4v) is 3.37. The Bertz CT molecular complexity index is 520.